The van der Waals surface area contributed by atoms with Crippen molar-refractivity contribution < 1.29 is 22.7 Å². The molecular formula is C18H22F3N3O2. The first-order valence-electron chi connectivity index (χ1n) is 8.14. The van der Waals surface area contributed by atoms with Gasteiger partial charge in [-0.25, -0.2) is 0 Å². The van der Waals surface area contributed by atoms with Crippen molar-refractivity contribution in [2.75, 3.05) is 6.61 Å². The van der Waals surface area contributed by atoms with Crippen molar-refractivity contribution in [3.8, 4) is 0 Å². The average molecular weight is 369 g/mol. The number of alkyl halides is 3. The molecule has 1 amide bonds. The largest absolute Gasteiger partial charge is 0.411 e. The number of ether oxygens (including phenoxy) is 1. The number of carbonyl (C=O) groups excluding carboxylic acids is 1. The summed E-state index contributed by atoms with van der Waals surface area (Å²) in [6.07, 6.45) is -4.07. The van der Waals surface area contributed by atoms with Gasteiger partial charge in [-0.2, -0.15) is 18.3 Å². The van der Waals surface area contributed by atoms with E-state index in [4.69, 9.17) is 0 Å². The van der Waals surface area contributed by atoms with Crippen molar-refractivity contribution in [3.05, 3.63) is 52.3 Å². The van der Waals surface area contributed by atoms with Crippen molar-refractivity contribution in [2.45, 2.75) is 39.6 Å². The molecule has 1 aromatic carbocycles. The van der Waals surface area contributed by atoms with Crippen LogP contribution in [0.1, 0.15) is 28.1 Å². The Hall–Kier alpha value is -2.35. The number of nitrogens with one attached hydrogen (secondary N) is 1. The number of carbonyl (C=O) groups is 1. The fourth-order valence-corrected chi connectivity index (χ4v) is 2.53. The van der Waals surface area contributed by atoms with Crippen LogP contribution >= 0.6 is 0 Å². The first-order chi connectivity index (χ1) is 12.2. The van der Waals surface area contributed by atoms with Gasteiger partial charge in [-0.15, -0.1) is 0 Å². The van der Waals surface area contributed by atoms with Crippen LogP contribution in [0, 0.1) is 13.8 Å². The quantitative estimate of drug-likeness (QED) is 0.816. The molecule has 0 aliphatic heterocycles. The maximum atomic E-state index is 12.1. The molecular weight excluding hydrogens is 347 g/mol. The normalized spacial score (nSPS) is 11.6. The van der Waals surface area contributed by atoms with E-state index in [1.165, 1.54) is 0 Å². The SMILES string of the molecule is Cc1nn(C)c(C)c1CC(=O)NCc1ccc(COCC(F)(F)F)cc1. The Balaban J connectivity index is 1.81. The summed E-state index contributed by atoms with van der Waals surface area (Å²) in [4.78, 5) is 12.1. The molecule has 2 rings (SSSR count). The Morgan fingerprint density at radius 1 is 1.19 bits per heavy atom. The molecule has 0 radical (unpaired) electrons. The Labute approximate surface area is 150 Å². The molecule has 0 spiro atoms. The lowest BCUT2D eigenvalue weighted by Gasteiger charge is -2.09. The molecule has 1 aromatic heterocycles. The minimum Gasteiger partial charge on any atom is -0.367 e. The smallest absolute Gasteiger partial charge is 0.367 e. The van der Waals surface area contributed by atoms with Gasteiger partial charge in [0.1, 0.15) is 6.61 Å². The number of hydrogen-bond donors (Lipinski definition) is 1. The van der Waals surface area contributed by atoms with E-state index in [2.05, 4.69) is 15.2 Å². The van der Waals surface area contributed by atoms with Crippen molar-refractivity contribution in [1.29, 1.82) is 0 Å². The van der Waals surface area contributed by atoms with Crippen LogP contribution in [0.15, 0.2) is 24.3 Å². The van der Waals surface area contributed by atoms with Crippen molar-refractivity contribution in [2.24, 2.45) is 7.05 Å². The van der Waals surface area contributed by atoms with Gasteiger partial charge in [-0.1, -0.05) is 24.3 Å². The van der Waals surface area contributed by atoms with E-state index in [9.17, 15) is 18.0 Å². The summed E-state index contributed by atoms with van der Waals surface area (Å²) < 4.78 is 42.5. The van der Waals surface area contributed by atoms with Crippen LogP contribution in [-0.4, -0.2) is 28.5 Å². The number of halogens is 3. The predicted octanol–water partition coefficient (Wildman–Crippen LogP) is 2.97. The van der Waals surface area contributed by atoms with E-state index in [1.54, 1.807) is 28.9 Å². The van der Waals surface area contributed by atoms with Gasteiger partial charge in [-0.3, -0.25) is 9.48 Å². The third-order valence-electron chi connectivity index (χ3n) is 4.04. The van der Waals surface area contributed by atoms with Crippen LogP contribution in [0.5, 0.6) is 0 Å². The molecule has 0 aliphatic carbocycles. The first kappa shape index (κ1) is 20.0. The molecule has 0 fully saturated rings. The first-order valence-corrected chi connectivity index (χ1v) is 8.14. The van der Waals surface area contributed by atoms with Crippen LogP contribution in [0.3, 0.4) is 0 Å². The number of amides is 1. The van der Waals surface area contributed by atoms with Crippen LogP contribution in [0.4, 0.5) is 13.2 Å². The van der Waals surface area contributed by atoms with Crippen LogP contribution in [0.25, 0.3) is 0 Å². The second-order valence-corrected chi connectivity index (χ2v) is 6.15. The van der Waals surface area contributed by atoms with E-state index >= 15 is 0 Å². The summed E-state index contributed by atoms with van der Waals surface area (Å²) in [7, 11) is 1.84. The summed E-state index contributed by atoms with van der Waals surface area (Å²) >= 11 is 0. The van der Waals surface area contributed by atoms with E-state index < -0.39 is 12.8 Å². The highest BCUT2D eigenvalue weighted by Crippen LogP contribution is 2.16. The fourth-order valence-electron chi connectivity index (χ4n) is 2.53. The van der Waals surface area contributed by atoms with Gasteiger partial charge in [0.2, 0.25) is 5.91 Å². The van der Waals surface area contributed by atoms with Gasteiger partial charge in [0.15, 0.2) is 0 Å². The van der Waals surface area contributed by atoms with E-state index in [0.29, 0.717) is 12.1 Å². The van der Waals surface area contributed by atoms with Gasteiger partial charge >= 0.3 is 6.18 Å². The number of aryl methyl sites for hydroxylation is 2. The molecule has 1 heterocycles. The standard InChI is InChI=1S/C18H22F3N3O2/c1-12-16(13(2)24(3)23-12)8-17(25)22-9-14-4-6-15(7-5-14)10-26-11-18(19,20)21/h4-7H,8-11H2,1-3H3,(H,22,25). The second-order valence-electron chi connectivity index (χ2n) is 6.15. The number of benzene rings is 1. The third-order valence-corrected chi connectivity index (χ3v) is 4.04. The highest BCUT2D eigenvalue weighted by Gasteiger charge is 2.27. The van der Waals surface area contributed by atoms with Crippen LogP contribution in [0.2, 0.25) is 0 Å². The molecule has 0 aliphatic rings. The van der Waals surface area contributed by atoms with Gasteiger partial charge in [0.25, 0.3) is 0 Å². The van der Waals surface area contributed by atoms with Gasteiger partial charge in [0, 0.05) is 24.8 Å². The molecule has 26 heavy (non-hydrogen) atoms. The summed E-state index contributed by atoms with van der Waals surface area (Å²) in [6.45, 7) is 2.77. The monoisotopic (exact) mass is 369 g/mol. The summed E-state index contributed by atoms with van der Waals surface area (Å²) in [5.41, 5.74) is 4.22. The second kappa shape index (κ2) is 8.35. The maximum Gasteiger partial charge on any atom is 0.411 e. The van der Waals surface area contributed by atoms with Crippen molar-refractivity contribution in [1.82, 2.24) is 15.1 Å². The lowest BCUT2D eigenvalue weighted by Crippen LogP contribution is -2.25. The average Bonchev–Trinajstić information content (AvgIpc) is 2.79. The zero-order valence-corrected chi connectivity index (χ0v) is 15.0. The van der Waals surface area contributed by atoms with Crippen LogP contribution in [-0.2, 0) is 36.2 Å². The summed E-state index contributed by atoms with van der Waals surface area (Å²) in [6, 6.07) is 6.89. The third kappa shape index (κ3) is 5.87. The molecule has 142 valence electrons. The molecule has 0 atom stereocenters. The highest BCUT2D eigenvalue weighted by atomic mass is 19.4. The molecule has 0 bridgehead atoms. The zero-order valence-electron chi connectivity index (χ0n) is 15.0. The van der Waals surface area contributed by atoms with Crippen molar-refractivity contribution >= 4 is 5.91 Å². The molecule has 1 N–H and O–H groups in total. The molecule has 0 unspecified atom stereocenters. The molecule has 5 nitrogen and oxygen atoms in total. The fraction of sp³-hybridized carbons (Fsp3) is 0.444. The van der Waals surface area contributed by atoms with Crippen LogP contribution < -0.4 is 5.32 Å². The Kier molecular flexibility index (Phi) is 6.42. The van der Waals surface area contributed by atoms with Gasteiger partial charge in [-0.05, 0) is 25.0 Å². The van der Waals surface area contributed by atoms with Gasteiger partial charge < -0.3 is 10.1 Å². The lowest BCUT2D eigenvalue weighted by atomic mass is 10.1. The molecule has 0 saturated heterocycles. The van der Waals surface area contributed by atoms with Gasteiger partial charge in [0.05, 0.1) is 18.7 Å². The number of nitrogens with zero attached hydrogens (tertiary/aromatic N) is 2. The van der Waals surface area contributed by atoms with E-state index in [1.807, 2.05) is 20.9 Å². The predicted molar refractivity (Wildman–Crippen MR) is 90.4 cm³/mol. The molecule has 2 aromatic rings. The topological polar surface area (TPSA) is 56.2 Å². The van der Waals surface area contributed by atoms with E-state index in [0.717, 1.165) is 22.5 Å². The summed E-state index contributed by atoms with van der Waals surface area (Å²) in [5, 5.41) is 7.12. The number of hydrogen-bond acceptors (Lipinski definition) is 3. The Bertz CT molecular complexity index is 752. The lowest BCUT2D eigenvalue weighted by molar-refractivity contribution is -0.176. The number of aromatic nitrogens is 2. The molecule has 8 heteroatoms. The van der Waals surface area contributed by atoms with Crippen molar-refractivity contribution in [3.63, 3.8) is 0 Å². The molecule has 0 saturated carbocycles. The Morgan fingerprint density at radius 2 is 1.81 bits per heavy atom. The van der Waals surface area contributed by atoms with E-state index in [-0.39, 0.29) is 18.9 Å². The highest BCUT2D eigenvalue weighted by molar-refractivity contribution is 5.79. The maximum absolute atomic E-state index is 12.1. The zero-order chi connectivity index (χ0) is 19.3. The minimum atomic E-state index is -4.32. The Morgan fingerprint density at radius 3 is 2.35 bits per heavy atom. The summed E-state index contributed by atoms with van der Waals surface area (Å²) in [5.74, 6) is -0.109. The number of rotatable bonds is 7. The minimum absolute atomic E-state index is 0.105.